The van der Waals surface area contributed by atoms with Crippen molar-refractivity contribution in [1.82, 2.24) is 15.0 Å². The van der Waals surface area contributed by atoms with Crippen molar-refractivity contribution in [3.8, 4) is 0 Å². The molecule has 0 aliphatic carbocycles. The van der Waals surface area contributed by atoms with Crippen molar-refractivity contribution < 1.29 is 0 Å². The number of nitrogens with one attached hydrogen (secondary N) is 1. The Morgan fingerprint density at radius 1 is 1.15 bits per heavy atom. The molecule has 0 unspecified atom stereocenters. The molecule has 0 saturated carbocycles. The van der Waals surface area contributed by atoms with Crippen LogP contribution in [0.5, 0.6) is 0 Å². The molecule has 0 saturated heterocycles. The number of rotatable bonds is 6. The maximum absolute atomic E-state index is 5.95. The quantitative estimate of drug-likeness (QED) is 0.874. The summed E-state index contributed by atoms with van der Waals surface area (Å²) in [5.74, 6) is 1.05. The second kappa shape index (κ2) is 7.06. The number of anilines is 2. The van der Waals surface area contributed by atoms with E-state index in [9.17, 15) is 0 Å². The summed E-state index contributed by atoms with van der Waals surface area (Å²) in [6.45, 7) is 6.33. The number of aromatic nitrogens is 3. The first-order chi connectivity index (χ1) is 9.62. The van der Waals surface area contributed by atoms with Crippen LogP contribution < -0.4 is 10.2 Å². The van der Waals surface area contributed by atoms with Gasteiger partial charge >= 0.3 is 0 Å². The smallest absolute Gasteiger partial charge is 0.231 e. The molecule has 108 valence electrons. The minimum absolute atomic E-state index is 0.189. The molecule has 0 aliphatic rings. The Hall–Kier alpha value is -1.11. The van der Waals surface area contributed by atoms with E-state index in [-0.39, 0.29) is 5.28 Å². The average molecular weight is 332 g/mol. The van der Waals surface area contributed by atoms with Crippen LogP contribution in [-0.2, 0) is 6.54 Å². The summed E-state index contributed by atoms with van der Waals surface area (Å²) >= 11 is 13.4. The predicted octanol–water partition coefficient (Wildman–Crippen LogP) is 3.70. The Labute approximate surface area is 132 Å². The molecule has 0 bridgehead atoms. The Bertz CT molecular complexity index is 571. The highest BCUT2D eigenvalue weighted by atomic mass is 35.5. The molecule has 0 aromatic carbocycles. The fraction of sp³-hybridized carbons (Fsp3) is 0.417. The summed E-state index contributed by atoms with van der Waals surface area (Å²) < 4.78 is 0.763. The summed E-state index contributed by atoms with van der Waals surface area (Å²) in [6.07, 6.45) is 0. The monoisotopic (exact) mass is 331 g/mol. The van der Waals surface area contributed by atoms with Gasteiger partial charge < -0.3 is 10.2 Å². The van der Waals surface area contributed by atoms with E-state index in [4.69, 9.17) is 23.2 Å². The van der Waals surface area contributed by atoms with Crippen LogP contribution in [0, 0.1) is 0 Å². The Morgan fingerprint density at radius 3 is 2.50 bits per heavy atom. The first-order valence-electron chi connectivity index (χ1n) is 6.27. The second-order valence-electron chi connectivity index (χ2n) is 3.96. The molecule has 0 fully saturated rings. The summed E-state index contributed by atoms with van der Waals surface area (Å²) in [4.78, 5) is 15.7. The largest absolute Gasteiger partial charge is 0.349 e. The van der Waals surface area contributed by atoms with E-state index in [0.717, 1.165) is 22.3 Å². The summed E-state index contributed by atoms with van der Waals surface area (Å²) in [5, 5.41) is 3.33. The third kappa shape index (κ3) is 3.94. The molecule has 2 heterocycles. The standard InChI is InChI=1S/C12H15Cl2N5S/c1-3-19(4-2)12-17-10(14)16-11(18-12)15-7-8-5-6-9(13)20-8/h5-6H,3-4,7H2,1-2H3,(H,15,16,17,18). The maximum Gasteiger partial charge on any atom is 0.231 e. The van der Waals surface area contributed by atoms with Crippen LogP contribution >= 0.6 is 34.5 Å². The summed E-state index contributed by atoms with van der Waals surface area (Å²) in [7, 11) is 0. The molecular formula is C12H15Cl2N5S. The molecule has 1 N–H and O–H groups in total. The van der Waals surface area contributed by atoms with Crippen LogP contribution in [0.3, 0.4) is 0 Å². The van der Waals surface area contributed by atoms with Gasteiger partial charge in [-0.05, 0) is 37.6 Å². The fourth-order valence-electron chi connectivity index (χ4n) is 1.68. The lowest BCUT2D eigenvalue weighted by atomic mass is 10.5. The number of nitrogens with zero attached hydrogens (tertiary/aromatic N) is 4. The van der Waals surface area contributed by atoms with Crippen LogP contribution in [0.4, 0.5) is 11.9 Å². The molecule has 0 amide bonds. The van der Waals surface area contributed by atoms with E-state index in [1.54, 1.807) is 0 Å². The van der Waals surface area contributed by atoms with E-state index in [2.05, 4.69) is 20.3 Å². The highest BCUT2D eigenvalue weighted by Gasteiger charge is 2.10. The topological polar surface area (TPSA) is 53.9 Å². The van der Waals surface area contributed by atoms with Crippen molar-refractivity contribution in [3.05, 3.63) is 26.6 Å². The van der Waals surface area contributed by atoms with Gasteiger partial charge in [0.15, 0.2) is 0 Å². The van der Waals surface area contributed by atoms with E-state index < -0.39 is 0 Å². The molecular weight excluding hydrogens is 317 g/mol. The molecule has 5 nitrogen and oxygen atoms in total. The van der Waals surface area contributed by atoms with Gasteiger partial charge in [-0.15, -0.1) is 11.3 Å². The summed E-state index contributed by atoms with van der Waals surface area (Å²) in [5.41, 5.74) is 0. The van der Waals surface area contributed by atoms with Gasteiger partial charge in [0, 0.05) is 18.0 Å². The summed E-state index contributed by atoms with van der Waals surface area (Å²) in [6, 6.07) is 3.83. The highest BCUT2D eigenvalue weighted by Crippen LogP contribution is 2.22. The van der Waals surface area contributed by atoms with E-state index in [1.165, 1.54) is 11.3 Å². The van der Waals surface area contributed by atoms with E-state index in [0.29, 0.717) is 18.4 Å². The van der Waals surface area contributed by atoms with Gasteiger partial charge in [0.05, 0.1) is 10.9 Å². The van der Waals surface area contributed by atoms with Gasteiger partial charge in [0.2, 0.25) is 17.2 Å². The molecule has 8 heteroatoms. The second-order valence-corrected chi connectivity index (χ2v) is 6.10. The van der Waals surface area contributed by atoms with Crippen LogP contribution in [0.25, 0.3) is 0 Å². The van der Waals surface area contributed by atoms with Crippen molar-refractivity contribution in [1.29, 1.82) is 0 Å². The average Bonchev–Trinajstić information content (AvgIpc) is 2.83. The van der Waals surface area contributed by atoms with Crippen molar-refractivity contribution in [2.24, 2.45) is 0 Å². The van der Waals surface area contributed by atoms with Crippen LogP contribution in [0.2, 0.25) is 9.62 Å². The molecule has 0 aliphatic heterocycles. The van der Waals surface area contributed by atoms with Gasteiger partial charge in [-0.2, -0.15) is 15.0 Å². The van der Waals surface area contributed by atoms with Crippen molar-refractivity contribution >= 4 is 46.4 Å². The van der Waals surface area contributed by atoms with Crippen LogP contribution in [0.1, 0.15) is 18.7 Å². The Morgan fingerprint density at radius 2 is 1.90 bits per heavy atom. The normalized spacial score (nSPS) is 10.6. The molecule has 0 spiro atoms. The van der Waals surface area contributed by atoms with Crippen molar-refractivity contribution in [2.75, 3.05) is 23.3 Å². The SMILES string of the molecule is CCN(CC)c1nc(Cl)nc(NCc2ccc(Cl)s2)n1. The van der Waals surface area contributed by atoms with Gasteiger partial charge in [-0.1, -0.05) is 11.6 Å². The highest BCUT2D eigenvalue weighted by molar-refractivity contribution is 7.16. The zero-order chi connectivity index (χ0) is 14.5. The lowest BCUT2D eigenvalue weighted by molar-refractivity contribution is 0.811. The molecule has 2 aromatic rings. The zero-order valence-corrected chi connectivity index (χ0v) is 13.6. The zero-order valence-electron chi connectivity index (χ0n) is 11.2. The molecule has 20 heavy (non-hydrogen) atoms. The van der Waals surface area contributed by atoms with Gasteiger partial charge in [-0.25, -0.2) is 0 Å². The van der Waals surface area contributed by atoms with Gasteiger partial charge in [0.25, 0.3) is 0 Å². The van der Waals surface area contributed by atoms with E-state index >= 15 is 0 Å². The number of thiophene rings is 1. The molecule has 0 atom stereocenters. The molecule has 2 rings (SSSR count). The van der Waals surface area contributed by atoms with Gasteiger partial charge in [-0.3, -0.25) is 0 Å². The van der Waals surface area contributed by atoms with Crippen LogP contribution in [0.15, 0.2) is 12.1 Å². The fourth-order valence-corrected chi connectivity index (χ4v) is 2.86. The Kier molecular flexibility index (Phi) is 5.39. The third-order valence-electron chi connectivity index (χ3n) is 2.69. The number of hydrogen-bond donors (Lipinski definition) is 1. The maximum atomic E-state index is 5.95. The Balaban J connectivity index is 2.11. The van der Waals surface area contributed by atoms with Gasteiger partial charge in [0.1, 0.15) is 0 Å². The minimum atomic E-state index is 0.189. The lowest BCUT2D eigenvalue weighted by Gasteiger charge is -2.18. The van der Waals surface area contributed by atoms with Crippen molar-refractivity contribution in [2.45, 2.75) is 20.4 Å². The number of halogens is 2. The first kappa shape index (κ1) is 15.3. The lowest BCUT2D eigenvalue weighted by Crippen LogP contribution is -2.25. The predicted molar refractivity (Wildman–Crippen MR) is 85.1 cm³/mol. The molecule has 0 radical (unpaired) electrons. The molecule has 2 aromatic heterocycles. The van der Waals surface area contributed by atoms with E-state index in [1.807, 2.05) is 30.9 Å². The third-order valence-corrected chi connectivity index (χ3v) is 4.09. The minimum Gasteiger partial charge on any atom is -0.349 e. The first-order valence-corrected chi connectivity index (χ1v) is 7.84. The van der Waals surface area contributed by atoms with Crippen LogP contribution in [-0.4, -0.2) is 28.0 Å². The number of hydrogen-bond acceptors (Lipinski definition) is 6. The van der Waals surface area contributed by atoms with Crippen molar-refractivity contribution in [3.63, 3.8) is 0 Å².